The van der Waals surface area contributed by atoms with Gasteiger partial charge in [0.2, 0.25) is 0 Å². The van der Waals surface area contributed by atoms with E-state index in [9.17, 15) is 8.78 Å². The Morgan fingerprint density at radius 3 is 2.39 bits per heavy atom. The molecule has 3 aliphatic rings. The van der Waals surface area contributed by atoms with Crippen LogP contribution in [0.3, 0.4) is 0 Å². The van der Waals surface area contributed by atoms with Crippen molar-refractivity contribution in [3.8, 4) is 11.8 Å². The van der Waals surface area contributed by atoms with Crippen molar-refractivity contribution in [2.75, 3.05) is 34.7 Å². The van der Waals surface area contributed by atoms with Crippen LogP contribution in [0.5, 0.6) is 0 Å². The third-order valence-electron chi connectivity index (χ3n) is 8.46. The summed E-state index contributed by atoms with van der Waals surface area (Å²) in [6.07, 6.45) is 9.12. The molecule has 0 radical (unpaired) electrons. The van der Waals surface area contributed by atoms with Gasteiger partial charge in [-0.25, -0.2) is 8.78 Å². The Kier molecular flexibility index (Phi) is 11.1. The zero-order valence-corrected chi connectivity index (χ0v) is 26.2. The summed E-state index contributed by atoms with van der Waals surface area (Å²) in [7, 11) is 7.82. The first kappa shape index (κ1) is 32.2. The SMILES string of the molecule is C=CN(C)C1=CC(N2CCCC3=C2C=C(C(F)F)C(/C(C=N)=C/NC)C3)CC(C#CC(C(C)C)C(C)C)=C1N(C)C. The van der Waals surface area contributed by atoms with E-state index in [0.717, 1.165) is 42.1 Å². The summed E-state index contributed by atoms with van der Waals surface area (Å²) in [5.41, 5.74) is 5.95. The number of hydrogen-bond acceptors (Lipinski definition) is 5. The van der Waals surface area contributed by atoms with Gasteiger partial charge in [-0.2, -0.15) is 0 Å². The molecule has 2 unspecified atom stereocenters. The number of hydrogen-bond donors (Lipinski definition) is 2. The minimum absolute atomic E-state index is 0.0240. The Morgan fingerprint density at radius 2 is 1.85 bits per heavy atom. The lowest BCUT2D eigenvalue weighted by molar-refractivity contribution is 0.173. The van der Waals surface area contributed by atoms with E-state index in [1.165, 1.54) is 11.8 Å². The minimum atomic E-state index is -2.59. The van der Waals surface area contributed by atoms with Crippen LogP contribution in [0.1, 0.15) is 53.4 Å². The molecule has 2 atom stereocenters. The summed E-state index contributed by atoms with van der Waals surface area (Å²) < 4.78 is 28.9. The van der Waals surface area contributed by atoms with Crippen LogP contribution in [0.2, 0.25) is 0 Å². The van der Waals surface area contributed by atoms with Gasteiger partial charge in [0.25, 0.3) is 6.43 Å². The summed E-state index contributed by atoms with van der Waals surface area (Å²) in [6.45, 7) is 13.7. The molecule has 0 aromatic carbocycles. The molecule has 1 aliphatic heterocycles. The third kappa shape index (κ3) is 7.15. The van der Waals surface area contributed by atoms with E-state index in [0.29, 0.717) is 30.3 Å². The topological polar surface area (TPSA) is 45.6 Å². The van der Waals surface area contributed by atoms with Gasteiger partial charge in [0.1, 0.15) is 0 Å². The van der Waals surface area contributed by atoms with Crippen LogP contribution in [0.25, 0.3) is 0 Å². The van der Waals surface area contributed by atoms with E-state index in [1.807, 2.05) is 32.2 Å². The molecule has 0 bridgehead atoms. The first-order valence-corrected chi connectivity index (χ1v) is 14.8. The Balaban J connectivity index is 2.12. The standard InChI is InChI=1S/C34H49F2N5/c1-10-40(9)32-18-27(16-25(33(32)39(7)8)13-14-28(22(2)3)23(4)5)41-15-11-12-24-17-29(26(20-37)21-38-6)30(34(35)36)19-31(24)41/h10,18-23,27-29,34,37-38H,1,11-12,15-17H2,2-9H3/b26-21+,37-20?. The predicted octanol–water partition coefficient (Wildman–Crippen LogP) is 6.78. The van der Waals surface area contributed by atoms with Crippen molar-refractivity contribution >= 4 is 6.21 Å². The van der Waals surface area contributed by atoms with Gasteiger partial charge in [0, 0.05) is 82.2 Å². The second-order valence-electron chi connectivity index (χ2n) is 12.2. The molecule has 0 fully saturated rings. The van der Waals surface area contributed by atoms with E-state index in [2.05, 4.69) is 67.3 Å². The number of nitrogens with one attached hydrogen (secondary N) is 2. The van der Waals surface area contributed by atoms with Gasteiger partial charge in [-0.15, -0.1) is 0 Å². The zero-order valence-electron chi connectivity index (χ0n) is 26.2. The summed E-state index contributed by atoms with van der Waals surface area (Å²) in [5, 5.41) is 10.8. The first-order chi connectivity index (χ1) is 19.4. The fraction of sp³-hybridized carbons (Fsp3) is 0.559. The van der Waals surface area contributed by atoms with E-state index in [-0.39, 0.29) is 17.5 Å². The summed E-state index contributed by atoms with van der Waals surface area (Å²) >= 11 is 0. The maximum Gasteiger partial charge on any atom is 0.260 e. The second kappa shape index (κ2) is 14.1. The van der Waals surface area contributed by atoms with Crippen molar-refractivity contribution in [2.24, 2.45) is 23.7 Å². The van der Waals surface area contributed by atoms with Gasteiger partial charge < -0.3 is 25.4 Å². The normalized spacial score (nSPS) is 21.5. The number of alkyl halides is 2. The number of likely N-dealkylation sites (N-methyl/N-ethyl adjacent to an activating group) is 2. The van der Waals surface area contributed by atoms with Gasteiger partial charge in [-0.3, -0.25) is 0 Å². The van der Waals surface area contributed by atoms with Gasteiger partial charge in [-0.05, 0) is 60.6 Å². The molecule has 1 heterocycles. The van der Waals surface area contributed by atoms with Gasteiger partial charge in [0.05, 0.1) is 17.4 Å². The van der Waals surface area contributed by atoms with Crippen LogP contribution >= 0.6 is 0 Å². The van der Waals surface area contributed by atoms with Crippen molar-refractivity contribution in [3.63, 3.8) is 0 Å². The third-order valence-corrected chi connectivity index (χ3v) is 8.46. The molecule has 0 aromatic heterocycles. The summed E-state index contributed by atoms with van der Waals surface area (Å²) in [4.78, 5) is 6.47. The molecule has 0 saturated carbocycles. The first-order valence-electron chi connectivity index (χ1n) is 14.8. The number of allylic oxidation sites excluding steroid dienone is 4. The highest BCUT2D eigenvalue weighted by atomic mass is 19.3. The Morgan fingerprint density at radius 1 is 1.17 bits per heavy atom. The lowest BCUT2D eigenvalue weighted by Gasteiger charge is -2.43. The molecule has 3 rings (SSSR count). The highest BCUT2D eigenvalue weighted by Crippen LogP contribution is 2.43. The molecule has 2 aliphatic carbocycles. The van der Waals surface area contributed by atoms with Crippen molar-refractivity contribution in [1.29, 1.82) is 5.41 Å². The lowest BCUT2D eigenvalue weighted by Crippen LogP contribution is -2.41. The summed E-state index contributed by atoms with van der Waals surface area (Å²) in [5.74, 6) is 7.89. The molecule has 7 heteroatoms. The number of nitrogens with zero attached hydrogens (tertiary/aromatic N) is 3. The maximum absolute atomic E-state index is 14.5. The fourth-order valence-corrected chi connectivity index (χ4v) is 6.45. The van der Waals surface area contributed by atoms with E-state index in [4.69, 9.17) is 5.41 Å². The number of rotatable bonds is 10. The lowest BCUT2D eigenvalue weighted by atomic mass is 9.78. The molecular formula is C34H49F2N5. The van der Waals surface area contributed by atoms with Crippen LogP contribution in [0.4, 0.5) is 8.78 Å². The highest BCUT2D eigenvalue weighted by molar-refractivity contribution is 5.78. The van der Waals surface area contributed by atoms with Crippen LogP contribution in [0.15, 0.2) is 70.5 Å². The smallest absolute Gasteiger partial charge is 0.260 e. The highest BCUT2D eigenvalue weighted by Gasteiger charge is 2.36. The molecule has 0 saturated heterocycles. The van der Waals surface area contributed by atoms with Crippen LogP contribution < -0.4 is 5.32 Å². The summed E-state index contributed by atoms with van der Waals surface area (Å²) in [6, 6.07) is -0.0240. The Hall–Kier alpha value is -3.27. The van der Waals surface area contributed by atoms with Crippen molar-refractivity contribution < 1.29 is 8.78 Å². The molecule has 41 heavy (non-hydrogen) atoms. The van der Waals surface area contributed by atoms with Crippen LogP contribution in [-0.4, -0.2) is 68.1 Å². The molecular weight excluding hydrogens is 516 g/mol. The average molecular weight is 566 g/mol. The molecule has 5 nitrogen and oxygen atoms in total. The van der Waals surface area contributed by atoms with Crippen LogP contribution in [0, 0.1) is 40.9 Å². The van der Waals surface area contributed by atoms with Crippen molar-refractivity contribution in [1.82, 2.24) is 20.0 Å². The van der Waals surface area contributed by atoms with E-state index < -0.39 is 12.3 Å². The molecule has 0 aromatic rings. The van der Waals surface area contributed by atoms with Gasteiger partial charge >= 0.3 is 0 Å². The Labute approximate surface area is 246 Å². The number of halogens is 2. The quantitative estimate of drug-likeness (QED) is 0.226. The van der Waals surface area contributed by atoms with Gasteiger partial charge in [0.15, 0.2) is 0 Å². The molecule has 0 amide bonds. The molecule has 2 N–H and O–H groups in total. The molecule has 0 spiro atoms. The predicted molar refractivity (Wildman–Crippen MR) is 167 cm³/mol. The second-order valence-corrected chi connectivity index (χ2v) is 12.2. The maximum atomic E-state index is 14.5. The van der Waals surface area contributed by atoms with Crippen molar-refractivity contribution in [2.45, 2.75) is 65.8 Å². The Bertz CT molecular complexity index is 1200. The minimum Gasteiger partial charge on any atom is -0.394 e. The zero-order chi connectivity index (χ0) is 30.4. The van der Waals surface area contributed by atoms with E-state index in [1.54, 1.807) is 19.3 Å². The van der Waals surface area contributed by atoms with E-state index >= 15 is 0 Å². The molecule has 224 valence electrons. The monoisotopic (exact) mass is 565 g/mol. The largest absolute Gasteiger partial charge is 0.394 e. The average Bonchev–Trinajstić information content (AvgIpc) is 2.93. The fourth-order valence-electron chi connectivity index (χ4n) is 6.45. The van der Waals surface area contributed by atoms with Crippen molar-refractivity contribution in [3.05, 3.63) is 70.5 Å². The van der Waals surface area contributed by atoms with Crippen LogP contribution in [-0.2, 0) is 0 Å². The van der Waals surface area contributed by atoms with Gasteiger partial charge in [-0.1, -0.05) is 46.1 Å².